The lowest BCUT2D eigenvalue weighted by Gasteiger charge is -2.15. The van der Waals surface area contributed by atoms with E-state index in [1.54, 1.807) is 19.1 Å². The summed E-state index contributed by atoms with van der Waals surface area (Å²) < 4.78 is 12.7. The number of carbonyl (C=O) groups is 1. The minimum absolute atomic E-state index is 0.112. The predicted molar refractivity (Wildman–Crippen MR) is 119 cm³/mol. The lowest BCUT2D eigenvalue weighted by molar-refractivity contribution is 0.0775. The van der Waals surface area contributed by atoms with E-state index in [0.29, 0.717) is 24.3 Å². The van der Waals surface area contributed by atoms with Gasteiger partial charge >= 0.3 is 0 Å². The number of benzene rings is 2. The Labute approximate surface area is 181 Å². The maximum absolute atomic E-state index is 13.3. The highest BCUT2D eigenvalue weighted by Crippen LogP contribution is 2.26. The molecule has 6 heteroatoms. The Bertz CT molecular complexity index is 1160. The van der Waals surface area contributed by atoms with Gasteiger partial charge in [-0.15, -0.1) is 0 Å². The fraction of sp³-hybridized carbons (Fsp3) is 0.200. The van der Waals surface area contributed by atoms with Gasteiger partial charge in [-0.05, 0) is 48.9 Å². The molecule has 0 radical (unpaired) electrons. The summed E-state index contributed by atoms with van der Waals surface area (Å²) in [6.07, 6.45) is 1.82. The van der Waals surface area contributed by atoms with Crippen LogP contribution in [0.2, 0.25) is 0 Å². The Morgan fingerprint density at radius 1 is 1.06 bits per heavy atom. The van der Waals surface area contributed by atoms with Gasteiger partial charge in [0, 0.05) is 18.8 Å². The molecule has 0 unspecified atom stereocenters. The van der Waals surface area contributed by atoms with Gasteiger partial charge in [-0.2, -0.15) is 5.10 Å². The highest BCUT2D eigenvalue weighted by Gasteiger charge is 2.22. The van der Waals surface area contributed by atoms with Gasteiger partial charge in [0.05, 0.1) is 25.8 Å². The van der Waals surface area contributed by atoms with Gasteiger partial charge in [0.15, 0.2) is 0 Å². The van der Waals surface area contributed by atoms with Crippen molar-refractivity contribution < 1.29 is 13.9 Å². The molecule has 2 aromatic heterocycles. The maximum atomic E-state index is 13.3. The summed E-state index contributed by atoms with van der Waals surface area (Å²) >= 11 is 0. The second-order valence-corrected chi connectivity index (χ2v) is 7.48. The van der Waals surface area contributed by atoms with E-state index in [2.05, 4.69) is 0 Å². The van der Waals surface area contributed by atoms with Gasteiger partial charge in [0.25, 0.3) is 5.91 Å². The summed E-state index contributed by atoms with van der Waals surface area (Å²) in [4.78, 5) is 15.0. The van der Waals surface area contributed by atoms with Crippen LogP contribution in [0.15, 0.2) is 77.3 Å². The van der Waals surface area contributed by atoms with Crippen molar-refractivity contribution in [2.75, 3.05) is 14.2 Å². The molecule has 0 N–H and O–H groups in total. The summed E-state index contributed by atoms with van der Waals surface area (Å²) in [5.41, 5.74) is 3.17. The van der Waals surface area contributed by atoms with Crippen LogP contribution in [0, 0.1) is 6.92 Å². The Morgan fingerprint density at radius 3 is 2.45 bits per heavy atom. The number of rotatable bonds is 7. The SMILES string of the molecule is COc1ccc(-c2nn(Cc3ccccc3)cc2C(=O)N(C)Cc2ccc(C)o2)cc1. The van der Waals surface area contributed by atoms with Crippen molar-refractivity contribution in [3.05, 3.63) is 95.6 Å². The van der Waals surface area contributed by atoms with Gasteiger partial charge in [-0.25, -0.2) is 0 Å². The number of hydrogen-bond donors (Lipinski definition) is 0. The molecule has 6 nitrogen and oxygen atoms in total. The highest BCUT2D eigenvalue weighted by molar-refractivity contribution is 5.99. The van der Waals surface area contributed by atoms with Crippen molar-refractivity contribution in [3.8, 4) is 17.0 Å². The van der Waals surface area contributed by atoms with E-state index in [-0.39, 0.29) is 5.91 Å². The van der Waals surface area contributed by atoms with Crippen LogP contribution in [0.4, 0.5) is 0 Å². The molecule has 1 amide bonds. The smallest absolute Gasteiger partial charge is 0.257 e. The minimum Gasteiger partial charge on any atom is -0.497 e. The number of carbonyl (C=O) groups excluding carboxylic acids is 1. The Hall–Kier alpha value is -3.80. The average molecular weight is 415 g/mol. The van der Waals surface area contributed by atoms with Crippen molar-refractivity contribution in [1.29, 1.82) is 0 Å². The van der Waals surface area contributed by atoms with Gasteiger partial charge in [0.1, 0.15) is 23.0 Å². The first-order valence-electron chi connectivity index (χ1n) is 10.1. The van der Waals surface area contributed by atoms with Crippen LogP contribution in [-0.2, 0) is 13.1 Å². The van der Waals surface area contributed by atoms with Crippen LogP contribution in [-0.4, -0.2) is 34.7 Å². The number of amides is 1. The zero-order valence-corrected chi connectivity index (χ0v) is 17.9. The van der Waals surface area contributed by atoms with Crippen molar-refractivity contribution >= 4 is 5.91 Å². The summed E-state index contributed by atoms with van der Waals surface area (Å²) in [5, 5.41) is 4.75. The monoisotopic (exact) mass is 415 g/mol. The van der Waals surface area contributed by atoms with Crippen LogP contribution in [0.25, 0.3) is 11.3 Å². The van der Waals surface area contributed by atoms with E-state index in [9.17, 15) is 4.79 Å². The van der Waals surface area contributed by atoms with Crippen LogP contribution >= 0.6 is 0 Å². The molecule has 0 aliphatic rings. The number of aryl methyl sites for hydroxylation is 1. The third-order valence-corrected chi connectivity index (χ3v) is 5.08. The van der Waals surface area contributed by atoms with Crippen LogP contribution < -0.4 is 4.74 Å². The maximum Gasteiger partial charge on any atom is 0.257 e. The van der Waals surface area contributed by atoms with E-state index in [1.165, 1.54) is 0 Å². The van der Waals surface area contributed by atoms with Gasteiger partial charge in [-0.1, -0.05) is 30.3 Å². The van der Waals surface area contributed by atoms with Crippen molar-refractivity contribution in [2.45, 2.75) is 20.0 Å². The number of aromatic nitrogens is 2. The number of nitrogens with zero attached hydrogens (tertiary/aromatic N) is 3. The van der Waals surface area contributed by atoms with E-state index >= 15 is 0 Å². The quantitative estimate of drug-likeness (QED) is 0.436. The minimum atomic E-state index is -0.112. The average Bonchev–Trinajstić information content (AvgIpc) is 3.40. The molecule has 0 saturated heterocycles. The van der Waals surface area contributed by atoms with Gasteiger partial charge in [0.2, 0.25) is 0 Å². The summed E-state index contributed by atoms with van der Waals surface area (Å²) in [5.74, 6) is 2.21. The van der Waals surface area contributed by atoms with Crippen molar-refractivity contribution in [3.63, 3.8) is 0 Å². The Balaban J connectivity index is 1.66. The third-order valence-electron chi connectivity index (χ3n) is 5.08. The molecule has 0 saturated carbocycles. The molecule has 2 aromatic carbocycles. The van der Waals surface area contributed by atoms with E-state index in [0.717, 1.165) is 28.4 Å². The fourth-order valence-corrected chi connectivity index (χ4v) is 3.47. The first-order chi connectivity index (χ1) is 15.0. The second kappa shape index (κ2) is 8.92. The second-order valence-electron chi connectivity index (χ2n) is 7.48. The van der Waals surface area contributed by atoms with E-state index < -0.39 is 0 Å². The zero-order chi connectivity index (χ0) is 21.8. The predicted octanol–water partition coefficient (Wildman–Crippen LogP) is 4.78. The van der Waals surface area contributed by atoms with Crippen molar-refractivity contribution in [1.82, 2.24) is 14.7 Å². The summed E-state index contributed by atoms with van der Waals surface area (Å²) in [6, 6.07) is 21.4. The Morgan fingerprint density at radius 2 is 1.81 bits per heavy atom. The van der Waals surface area contributed by atoms with Crippen LogP contribution in [0.1, 0.15) is 27.4 Å². The molecule has 0 aliphatic heterocycles. The zero-order valence-electron chi connectivity index (χ0n) is 17.9. The molecule has 2 heterocycles. The topological polar surface area (TPSA) is 60.5 Å². The molecule has 31 heavy (non-hydrogen) atoms. The molecule has 0 atom stereocenters. The molecule has 0 bridgehead atoms. The molecule has 4 rings (SSSR count). The molecule has 4 aromatic rings. The lowest BCUT2D eigenvalue weighted by Crippen LogP contribution is -2.26. The summed E-state index contributed by atoms with van der Waals surface area (Å²) in [6.45, 7) is 2.86. The van der Waals surface area contributed by atoms with E-state index in [4.69, 9.17) is 14.3 Å². The molecular weight excluding hydrogens is 390 g/mol. The van der Waals surface area contributed by atoms with Crippen LogP contribution in [0.5, 0.6) is 5.75 Å². The largest absolute Gasteiger partial charge is 0.497 e. The van der Waals surface area contributed by atoms with Crippen LogP contribution in [0.3, 0.4) is 0 Å². The molecular formula is C25H25N3O3. The molecule has 0 spiro atoms. The number of hydrogen-bond acceptors (Lipinski definition) is 4. The third kappa shape index (κ3) is 4.69. The Kier molecular flexibility index (Phi) is 5.89. The molecule has 0 fully saturated rings. The first-order valence-corrected chi connectivity index (χ1v) is 10.1. The number of furan rings is 1. The standard InChI is InChI=1S/C25H25N3O3/c1-18-9-12-22(31-18)16-27(2)25(29)23-17-28(15-19-7-5-4-6-8-19)26-24(23)20-10-13-21(30-3)14-11-20/h4-14,17H,15-16H2,1-3H3. The normalized spacial score (nSPS) is 10.8. The first kappa shape index (κ1) is 20.5. The lowest BCUT2D eigenvalue weighted by atomic mass is 10.1. The van der Waals surface area contributed by atoms with Gasteiger partial charge < -0.3 is 14.1 Å². The highest BCUT2D eigenvalue weighted by atomic mass is 16.5. The van der Waals surface area contributed by atoms with E-state index in [1.807, 2.05) is 84.5 Å². The van der Waals surface area contributed by atoms with Gasteiger partial charge in [-0.3, -0.25) is 9.48 Å². The number of methoxy groups -OCH3 is 1. The van der Waals surface area contributed by atoms with Crippen molar-refractivity contribution in [2.24, 2.45) is 0 Å². The molecule has 0 aliphatic carbocycles. The summed E-state index contributed by atoms with van der Waals surface area (Å²) in [7, 11) is 3.40. The number of ether oxygens (including phenoxy) is 1. The fourth-order valence-electron chi connectivity index (χ4n) is 3.47. The molecule has 158 valence electrons.